The molecule has 2 aromatic carbocycles. The van der Waals surface area contributed by atoms with E-state index in [9.17, 15) is 9.18 Å². The average Bonchev–Trinajstić information content (AvgIpc) is 3.09. The number of urea groups is 1. The molecular weight excluding hydrogens is 293 g/mol. The predicted molar refractivity (Wildman–Crippen MR) is 88.0 cm³/mol. The molecule has 4 nitrogen and oxygen atoms in total. The van der Waals surface area contributed by atoms with Gasteiger partial charge in [0.1, 0.15) is 5.82 Å². The summed E-state index contributed by atoms with van der Waals surface area (Å²) in [7, 11) is 0. The van der Waals surface area contributed by atoms with Crippen molar-refractivity contribution in [2.75, 3.05) is 5.32 Å². The molecule has 0 saturated heterocycles. The van der Waals surface area contributed by atoms with Crippen LogP contribution >= 0.6 is 0 Å². The summed E-state index contributed by atoms with van der Waals surface area (Å²) in [4.78, 5) is 11.9. The Kier molecular flexibility index (Phi) is 4.38. The molecule has 2 amide bonds. The minimum absolute atomic E-state index is 0.139. The number of nitrogens with zero attached hydrogens (tertiary/aromatic N) is 1. The largest absolute Gasteiger partial charge is 0.334 e. The molecule has 23 heavy (non-hydrogen) atoms. The zero-order chi connectivity index (χ0) is 16.1. The molecule has 3 rings (SSSR count). The molecule has 0 aliphatic rings. The normalized spacial score (nSPS) is 10.3. The van der Waals surface area contributed by atoms with Crippen molar-refractivity contribution >= 4 is 11.7 Å². The monoisotopic (exact) mass is 309 g/mol. The van der Waals surface area contributed by atoms with Crippen LogP contribution in [0.25, 0.3) is 5.69 Å². The van der Waals surface area contributed by atoms with Crippen LogP contribution in [-0.2, 0) is 6.54 Å². The van der Waals surface area contributed by atoms with Gasteiger partial charge in [-0.3, -0.25) is 0 Å². The SMILES string of the molecule is O=C(NCc1ccccc1F)Nc1ccc(-n2cccc2)cc1. The van der Waals surface area contributed by atoms with Crippen molar-refractivity contribution in [1.82, 2.24) is 9.88 Å². The Labute approximate surface area is 133 Å². The Morgan fingerprint density at radius 2 is 1.65 bits per heavy atom. The van der Waals surface area contributed by atoms with Crippen LogP contribution in [0.3, 0.4) is 0 Å². The van der Waals surface area contributed by atoms with Crippen LogP contribution in [0.15, 0.2) is 73.1 Å². The quantitative estimate of drug-likeness (QED) is 0.753. The Hall–Kier alpha value is -3.08. The third kappa shape index (κ3) is 3.77. The number of nitrogens with one attached hydrogen (secondary N) is 2. The molecule has 0 spiro atoms. The zero-order valence-corrected chi connectivity index (χ0v) is 12.4. The summed E-state index contributed by atoms with van der Waals surface area (Å²) >= 11 is 0. The second-order valence-electron chi connectivity index (χ2n) is 5.04. The molecule has 0 aliphatic heterocycles. The van der Waals surface area contributed by atoms with Crippen LogP contribution in [0, 0.1) is 5.82 Å². The van der Waals surface area contributed by atoms with Crippen molar-refractivity contribution in [3.63, 3.8) is 0 Å². The lowest BCUT2D eigenvalue weighted by molar-refractivity contribution is 0.251. The number of amides is 2. The van der Waals surface area contributed by atoms with E-state index in [2.05, 4.69) is 10.6 Å². The molecule has 1 aromatic heterocycles. The highest BCUT2D eigenvalue weighted by atomic mass is 19.1. The first-order valence-corrected chi connectivity index (χ1v) is 7.24. The van der Waals surface area contributed by atoms with E-state index in [4.69, 9.17) is 0 Å². The Morgan fingerprint density at radius 3 is 2.35 bits per heavy atom. The van der Waals surface area contributed by atoms with E-state index in [1.165, 1.54) is 6.07 Å². The molecule has 1 heterocycles. The highest BCUT2D eigenvalue weighted by Crippen LogP contribution is 2.13. The van der Waals surface area contributed by atoms with E-state index in [0.717, 1.165) is 5.69 Å². The fraction of sp³-hybridized carbons (Fsp3) is 0.0556. The summed E-state index contributed by atoms with van der Waals surface area (Å²) in [5, 5.41) is 5.36. The maximum absolute atomic E-state index is 13.5. The summed E-state index contributed by atoms with van der Waals surface area (Å²) < 4.78 is 15.4. The summed E-state index contributed by atoms with van der Waals surface area (Å²) in [6, 6.07) is 17.3. The van der Waals surface area contributed by atoms with Gasteiger partial charge in [-0.25, -0.2) is 9.18 Å². The first-order valence-electron chi connectivity index (χ1n) is 7.24. The molecule has 0 radical (unpaired) electrons. The number of carbonyl (C=O) groups excluding carboxylic acids is 1. The van der Waals surface area contributed by atoms with Crippen molar-refractivity contribution in [3.8, 4) is 5.69 Å². The van der Waals surface area contributed by atoms with Crippen molar-refractivity contribution in [2.24, 2.45) is 0 Å². The molecule has 0 aliphatic carbocycles. The Bertz CT molecular complexity index is 782. The summed E-state index contributed by atoms with van der Waals surface area (Å²) in [6.45, 7) is 0.139. The molecule has 0 unspecified atom stereocenters. The molecular formula is C18H16FN3O. The molecule has 0 bridgehead atoms. The van der Waals surface area contributed by atoms with Gasteiger partial charge < -0.3 is 15.2 Å². The van der Waals surface area contributed by atoms with Gasteiger partial charge in [0.25, 0.3) is 0 Å². The number of carbonyl (C=O) groups is 1. The van der Waals surface area contributed by atoms with Gasteiger partial charge in [-0.15, -0.1) is 0 Å². The van der Waals surface area contributed by atoms with Crippen LogP contribution in [0.2, 0.25) is 0 Å². The lowest BCUT2D eigenvalue weighted by atomic mass is 10.2. The molecule has 3 aromatic rings. The topological polar surface area (TPSA) is 46.1 Å². The fourth-order valence-electron chi connectivity index (χ4n) is 2.22. The number of aromatic nitrogens is 1. The van der Waals surface area contributed by atoms with Gasteiger partial charge in [-0.2, -0.15) is 0 Å². The van der Waals surface area contributed by atoms with Crippen LogP contribution < -0.4 is 10.6 Å². The van der Waals surface area contributed by atoms with Gasteiger partial charge in [0.2, 0.25) is 0 Å². The number of rotatable bonds is 4. The van der Waals surface area contributed by atoms with Gasteiger partial charge in [0.15, 0.2) is 0 Å². The van der Waals surface area contributed by atoms with Gasteiger partial charge in [0.05, 0.1) is 0 Å². The lowest BCUT2D eigenvalue weighted by Gasteiger charge is -2.09. The maximum Gasteiger partial charge on any atom is 0.319 e. The van der Waals surface area contributed by atoms with Crippen LogP contribution in [0.4, 0.5) is 14.9 Å². The molecule has 0 atom stereocenters. The second-order valence-corrected chi connectivity index (χ2v) is 5.04. The minimum atomic E-state index is -0.373. The zero-order valence-electron chi connectivity index (χ0n) is 12.4. The van der Waals surface area contributed by atoms with Crippen molar-refractivity contribution in [3.05, 3.63) is 84.4 Å². The van der Waals surface area contributed by atoms with E-state index in [0.29, 0.717) is 11.3 Å². The molecule has 0 fully saturated rings. The highest BCUT2D eigenvalue weighted by Gasteiger charge is 2.05. The standard InChI is InChI=1S/C18H16FN3O/c19-17-6-2-1-5-14(17)13-20-18(23)21-15-7-9-16(10-8-15)22-11-3-4-12-22/h1-12H,13H2,(H2,20,21,23). The van der Waals surface area contributed by atoms with Crippen LogP contribution in [0.5, 0.6) is 0 Å². The number of hydrogen-bond donors (Lipinski definition) is 2. The number of halogens is 1. The third-order valence-corrected chi connectivity index (χ3v) is 3.42. The van der Waals surface area contributed by atoms with Gasteiger partial charge in [-0.1, -0.05) is 18.2 Å². The summed E-state index contributed by atoms with van der Waals surface area (Å²) in [5.74, 6) is -0.330. The highest BCUT2D eigenvalue weighted by molar-refractivity contribution is 5.89. The van der Waals surface area contributed by atoms with Gasteiger partial charge in [0, 0.05) is 35.9 Å². The predicted octanol–water partition coefficient (Wildman–Crippen LogP) is 3.94. The number of benzene rings is 2. The van der Waals surface area contributed by atoms with E-state index < -0.39 is 0 Å². The first kappa shape index (κ1) is 14.8. The van der Waals surface area contributed by atoms with E-state index in [-0.39, 0.29) is 18.4 Å². The Balaban J connectivity index is 1.57. The van der Waals surface area contributed by atoms with E-state index in [1.807, 2.05) is 53.4 Å². The smallest absolute Gasteiger partial charge is 0.319 e. The van der Waals surface area contributed by atoms with Crippen molar-refractivity contribution < 1.29 is 9.18 Å². The fourth-order valence-corrected chi connectivity index (χ4v) is 2.22. The maximum atomic E-state index is 13.5. The average molecular weight is 309 g/mol. The number of hydrogen-bond acceptors (Lipinski definition) is 1. The van der Waals surface area contributed by atoms with Gasteiger partial charge in [-0.05, 0) is 42.5 Å². The van der Waals surface area contributed by atoms with Crippen molar-refractivity contribution in [2.45, 2.75) is 6.54 Å². The first-order chi connectivity index (χ1) is 11.2. The van der Waals surface area contributed by atoms with Gasteiger partial charge >= 0.3 is 6.03 Å². The second kappa shape index (κ2) is 6.79. The molecule has 116 valence electrons. The van der Waals surface area contributed by atoms with Crippen molar-refractivity contribution in [1.29, 1.82) is 0 Å². The number of anilines is 1. The summed E-state index contributed by atoms with van der Waals surface area (Å²) in [5.41, 5.74) is 2.13. The lowest BCUT2D eigenvalue weighted by Crippen LogP contribution is -2.28. The van der Waals surface area contributed by atoms with E-state index in [1.54, 1.807) is 18.2 Å². The summed E-state index contributed by atoms with van der Waals surface area (Å²) in [6.07, 6.45) is 3.90. The molecule has 2 N–H and O–H groups in total. The van der Waals surface area contributed by atoms with E-state index >= 15 is 0 Å². The van der Waals surface area contributed by atoms with Crippen LogP contribution in [0.1, 0.15) is 5.56 Å². The molecule has 5 heteroatoms. The van der Waals surface area contributed by atoms with Crippen LogP contribution in [-0.4, -0.2) is 10.6 Å². The Morgan fingerprint density at radius 1 is 0.957 bits per heavy atom. The molecule has 0 saturated carbocycles. The third-order valence-electron chi connectivity index (χ3n) is 3.42. The minimum Gasteiger partial charge on any atom is -0.334 e.